The van der Waals surface area contributed by atoms with E-state index in [1.807, 2.05) is 6.92 Å². The molecule has 3 N–H and O–H groups in total. The van der Waals surface area contributed by atoms with Gasteiger partial charge < -0.3 is 14.9 Å². The van der Waals surface area contributed by atoms with Crippen LogP contribution in [0.1, 0.15) is 48.3 Å². The smallest absolute Gasteiger partial charge is 0.508 e. The number of rotatable bonds is 9. The fourth-order valence-electron chi connectivity index (χ4n) is 8.73. The van der Waals surface area contributed by atoms with Gasteiger partial charge in [-0.15, -0.1) is 13.2 Å². The number of amides is 4. The maximum atomic E-state index is 15.1. The lowest BCUT2D eigenvalue weighted by molar-refractivity contribution is -0.274. The number of aryl methyl sites for hydroxylation is 1. The van der Waals surface area contributed by atoms with Gasteiger partial charge in [0.05, 0.1) is 28.9 Å². The number of aliphatic carboxylic acids is 1. The first-order valence-corrected chi connectivity index (χ1v) is 16.8. The maximum Gasteiger partial charge on any atom is 0.573 e. The molecule has 7 rings (SSSR count). The Labute approximate surface area is 295 Å². The van der Waals surface area contributed by atoms with Crippen LogP contribution in [0.3, 0.4) is 0 Å². The van der Waals surface area contributed by atoms with Gasteiger partial charge >= 0.3 is 12.3 Å². The number of likely N-dealkylation sites (tertiary alicyclic amines) is 1. The molecule has 0 radical (unpaired) electrons. The molecule has 4 aliphatic rings. The van der Waals surface area contributed by atoms with Crippen LogP contribution in [0, 0.1) is 30.6 Å². The van der Waals surface area contributed by atoms with Gasteiger partial charge in [0, 0.05) is 24.4 Å². The van der Waals surface area contributed by atoms with E-state index >= 15 is 4.79 Å². The minimum absolute atomic E-state index is 0.0338. The van der Waals surface area contributed by atoms with E-state index in [-0.39, 0.29) is 37.8 Å². The number of hydrogen-bond donors (Lipinski definition) is 3. The van der Waals surface area contributed by atoms with Crippen LogP contribution >= 0.6 is 0 Å². The Balaban J connectivity index is 1.42. The number of hydrazine groups is 1. The van der Waals surface area contributed by atoms with Crippen LogP contribution in [0.15, 0.2) is 84.4 Å². The molecule has 2 aliphatic heterocycles. The molecule has 0 bridgehead atoms. The highest BCUT2D eigenvalue weighted by Gasteiger charge is 2.70. The van der Waals surface area contributed by atoms with Gasteiger partial charge in [0.25, 0.3) is 11.8 Å². The molecule has 4 amide bonds. The standard InChI is InChI=1S/C38H34F3N3O8/c1-20-9-11-22(12-10-20)42-44-34(49)28-19-26-24(14-15-25-31(26)35(50)43(33(25)48)17-5-8-30(46)47)32(37(28,36(44)51)21-6-3-2-4-7-21)27-18-23(13-16-29(27)45)52-38(39,40)41/h2-4,6-7,9-14,16,18,25-26,28,31-32,42,45H,5,8,15,17,19H2,1H3,(H,46,47). The summed E-state index contributed by atoms with van der Waals surface area (Å²) >= 11 is 0. The van der Waals surface area contributed by atoms with E-state index in [1.54, 1.807) is 60.7 Å². The number of alkyl halides is 3. The molecule has 2 heterocycles. The van der Waals surface area contributed by atoms with Crippen molar-refractivity contribution in [2.24, 2.45) is 23.7 Å². The molecule has 0 spiro atoms. The Morgan fingerprint density at radius 1 is 0.962 bits per heavy atom. The normalized spacial score (nSPS) is 26.8. The first-order chi connectivity index (χ1) is 24.7. The van der Waals surface area contributed by atoms with Crippen LogP contribution < -0.4 is 10.2 Å². The van der Waals surface area contributed by atoms with Gasteiger partial charge in [0.15, 0.2) is 0 Å². The summed E-state index contributed by atoms with van der Waals surface area (Å²) in [4.78, 5) is 69.7. The zero-order chi connectivity index (χ0) is 37.1. The number of nitrogens with one attached hydrogen (secondary N) is 1. The number of aromatic hydroxyl groups is 1. The zero-order valence-corrected chi connectivity index (χ0v) is 27.8. The number of halogens is 3. The molecule has 6 unspecified atom stereocenters. The second-order valence-corrected chi connectivity index (χ2v) is 13.7. The number of fused-ring (bicyclic) bond motifs is 4. The minimum atomic E-state index is -5.09. The number of phenols is 1. The topological polar surface area (TPSA) is 154 Å². The maximum absolute atomic E-state index is 15.1. The number of nitrogens with zero attached hydrogens (tertiary/aromatic N) is 2. The highest BCUT2D eigenvalue weighted by molar-refractivity contribution is 6.13. The molecule has 52 heavy (non-hydrogen) atoms. The first-order valence-electron chi connectivity index (χ1n) is 16.8. The SMILES string of the molecule is Cc1ccc(NN2C(=O)C3CC4C(=CCC5C(=O)N(CCCC(=O)O)C(=O)C54)C(c4cc(OC(F)(F)F)ccc4O)C3(c3ccccc3)C2=O)cc1. The van der Waals surface area contributed by atoms with Gasteiger partial charge in [-0.3, -0.25) is 34.3 Å². The lowest BCUT2D eigenvalue weighted by Gasteiger charge is -2.50. The van der Waals surface area contributed by atoms with Crippen molar-refractivity contribution in [1.82, 2.24) is 9.91 Å². The molecule has 270 valence electrons. The van der Waals surface area contributed by atoms with Gasteiger partial charge in [-0.05, 0) is 68.0 Å². The molecule has 6 atom stereocenters. The van der Waals surface area contributed by atoms with Crippen LogP contribution in [0.25, 0.3) is 0 Å². The number of anilines is 1. The Morgan fingerprint density at radius 2 is 1.67 bits per heavy atom. The van der Waals surface area contributed by atoms with Crippen molar-refractivity contribution >= 4 is 35.3 Å². The number of carboxylic acid groups (broad SMARTS) is 1. The van der Waals surface area contributed by atoms with E-state index in [4.69, 9.17) is 5.11 Å². The third kappa shape index (κ3) is 5.66. The van der Waals surface area contributed by atoms with Crippen molar-refractivity contribution in [2.45, 2.75) is 50.3 Å². The summed E-state index contributed by atoms with van der Waals surface area (Å²) in [6.07, 6.45) is -3.65. The Bertz CT molecular complexity index is 2000. The van der Waals surface area contributed by atoms with Crippen LogP contribution in [-0.2, 0) is 29.4 Å². The molecule has 0 aromatic heterocycles. The second kappa shape index (κ2) is 12.8. The number of hydrogen-bond acceptors (Lipinski definition) is 8. The predicted molar refractivity (Wildman–Crippen MR) is 177 cm³/mol. The summed E-state index contributed by atoms with van der Waals surface area (Å²) in [7, 11) is 0. The van der Waals surface area contributed by atoms with Gasteiger partial charge in [-0.25, -0.2) is 0 Å². The Hall–Kier alpha value is -5.66. The predicted octanol–water partition coefficient (Wildman–Crippen LogP) is 5.45. The number of carboxylic acids is 1. The summed E-state index contributed by atoms with van der Waals surface area (Å²) in [6.45, 7) is 1.75. The zero-order valence-electron chi connectivity index (χ0n) is 27.8. The van der Waals surface area contributed by atoms with Crippen LogP contribution in [0.4, 0.5) is 18.9 Å². The Kier molecular flexibility index (Phi) is 8.58. The quantitative estimate of drug-likeness (QED) is 0.194. The lowest BCUT2D eigenvalue weighted by atomic mass is 9.49. The second-order valence-electron chi connectivity index (χ2n) is 13.7. The number of phenolic OH excluding ortho intramolecular Hbond substituents is 1. The molecule has 2 aliphatic carbocycles. The number of carbonyl (C=O) groups excluding carboxylic acids is 4. The monoisotopic (exact) mass is 717 g/mol. The number of ether oxygens (including phenoxy) is 1. The fraction of sp³-hybridized carbons (Fsp3) is 0.342. The summed E-state index contributed by atoms with van der Waals surface area (Å²) in [6, 6.07) is 18.2. The molecule has 2 saturated heterocycles. The number of allylic oxidation sites excluding steroid dienone is 2. The molecule has 11 nitrogen and oxygen atoms in total. The molecule has 3 fully saturated rings. The highest BCUT2D eigenvalue weighted by atomic mass is 19.4. The van der Waals surface area contributed by atoms with Crippen molar-refractivity contribution in [1.29, 1.82) is 0 Å². The van der Waals surface area contributed by atoms with E-state index in [0.717, 1.165) is 33.7 Å². The summed E-state index contributed by atoms with van der Waals surface area (Å²) < 4.78 is 44.8. The molecular formula is C38H34F3N3O8. The van der Waals surface area contributed by atoms with E-state index in [1.165, 1.54) is 0 Å². The average molecular weight is 718 g/mol. The number of benzene rings is 3. The summed E-state index contributed by atoms with van der Waals surface area (Å²) in [5.74, 6) is -9.78. The Morgan fingerprint density at radius 3 is 2.35 bits per heavy atom. The fourth-order valence-corrected chi connectivity index (χ4v) is 8.73. The van der Waals surface area contributed by atoms with Gasteiger partial charge in [0.2, 0.25) is 11.8 Å². The molecule has 14 heteroatoms. The van der Waals surface area contributed by atoms with E-state index in [9.17, 15) is 37.5 Å². The molecule has 3 aromatic carbocycles. The van der Waals surface area contributed by atoms with Crippen LogP contribution in [-0.4, -0.2) is 62.6 Å². The van der Waals surface area contributed by atoms with Gasteiger partial charge in [-0.2, -0.15) is 5.01 Å². The lowest BCUT2D eigenvalue weighted by Crippen LogP contribution is -2.53. The van der Waals surface area contributed by atoms with Crippen LogP contribution in [0.5, 0.6) is 11.5 Å². The third-order valence-electron chi connectivity index (χ3n) is 10.8. The van der Waals surface area contributed by atoms with Crippen molar-refractivity contribution < 1.29 is 52.1 Å². The van der Waals surface area contributed by atoms with Crippen molar-refractivity contribution in [3.8, 4) is 11.5 Å². The van der Waals surface area contributed by atoms with E-state index in [2.05, 4.69) is 10.2 Å². The summed E-state index contributed by atoms with van der Waals surface area (Å²) in [5.41, 5.74) is 3.11. The third-order valence-corrected chi connectivity index (χ3v) is 10.8. The van der Waals surface area contributed by atoms with Crippen LogP contribution in [0.2, 0.25) is 0 Å². The molecule has 3 aromatic rings. The number of carbonyl (C=O) groups is 5. The van der Waals surface area contributed by atoms with Gasteiger partial charge in [-0.1, -0.05) is 59.7 Å². The summed E-state index contributed by atoms with van der Waals surface area (Å²) in [5, 5.41) is 21.5. The number of imide groups is 2. The highest BCUT2D eigenvalue weighted by Crippen LogP contribution is 2.65. The van der Waals surface area contributed by atoms with Crippen molar-refractivity contribution in [3.63, 3.8) is 0 Å². The van der Waals surface area contributed by atoms with Gasteiger partial charge in [0.1, 0.15) is 11.5 Å². The largest absolute Gasteiger partial charge is 0.573 e. The van der Waals surface area contributed by atoms with Crippen molar-refractivity contribution in [2.75, 3.05) is 12.0 Å². The van der Waals surface area contributed by atoms with Crippen molar-refractivity contribution in [3.05, 3.63) is 101 Å². The minimum Gasteiger partial charge on any atom is -0.508 e. The molecule has 1 saturated carbocycles. The van der Waals surface area contributed by atoms with E-state index in [0.29, 0.717) is 16.8 Å². The average Bonchev–Trinajstić information content (AvgIpc) is 3.47. The molecular weight excluding hydrogens is 683 g/mol. The van der Waals surface area contributed by atoms with E-state index < -0.39 is 82.5 Å². The first kappa shape index (κ1) is 34.8.